The highest BCUT2D eigenvalue weighted by Gasteiger charge is 2.37. The van der Waals surface area contributed by atoms with E-state index in [1.807, 2.05) is 24.3 Å². The number of fused-ring (bicyclic) bond motifs is 1. The maximum absolute atomic E-state index is 12.7. The number of aromatic hydroxyl groups is 1. The molecule has 1 aliphatic carbocycles. The molecule has 0 spiro atoms. The van der Waals surface area contributed by atoms with Crippen molar-refractivity contribution in [1.82, 2.24) is 15.1 Å². The van der Waals surface area contributed by atoms with Crippen LogP contribution in [0.4, 0.5) is 0 Å². The smallest absolute Gasteiger partial charge is 0.251 e. The lowest BCUT2D eigenvalue weighted by Gasteiger charge is -2.35. The highest BCUT2D eigenvalue weighted by atomic mass is 16.5. The van der Waals surface area contributed by atoms with Crippen LogP contribution in [0.15, 0.2) is 109 Å². The fraction of sp³-hybridized carbons (Fsp3) is 0.356. The van der Waals surface area contributed by atoms with Gasteiger partial charge in [0, 0.05) is 25.0 Å². The number of nitrogens with zero attached hydrogens (tertiary/aromatic N) is 2. The maximum atomic E-state index is 12.7. The molecule has 3 heterocycles. The van der Waals surface area contributed by atoms with E-state index in [4.69, 9.17) is 9.47 Å². The summed E-state index contributed by atoms with van der Waals surface area (Å²) in [7, 11) is 0. The lowest BCUT2D eigenvalue weighted by molar-refractivity contribution is -0.142. The third kappa shape index (κ3) is 7.92. The normalized spacial score (nSPS) is 22.1. The van der Waals surface area contributed by atoms with Gasteiger partial charge in [-0.15, -0.1) is 0 Å². The fourth-order valence-electron chi connectivity index (χ4n) is 8.82. The van der Waals surface area contributed by atoms with Crippen molar-refractivity contribution < 1.29 is 29.0 Å². The van der Waals surface area contributed by atoms with Crippen molar-refractivity contribution in [3.63, 3.8) is 0 Å². The van der Waals surface area contributed by atoms with Crippen LogP contribution in [0.1, 0.15) is 84.1 Å². The van der Waals surface area contributed by atoms with Crippen LogP contribution in [-0.2, 0) is 20.8 Å². The summed E-state index contributed by atoms with van der Waals surface area (Å²) in [6.07, 6.45) is 7.06. The molecule has 3 aliphatic heterocycles. The SMILES string of the molecule is O=C1CCC(N2CC(Oc3cccc(C4CCN(CCCOc5ccc([C@@H]6c7ccc(O)cc7CC[C@@H]6c6ccccc6)cc5)CC4)c3)=CC2=O)C(=O)N1. The third-order valence-electron chi connectivity index (χ3n) is 11.6. The van der Waals surface area contributed by atoms with Crippen LogP contribution < -0.4 is 14.8 Å². The number of likely N-dealkylation sites (tertiary alicyclic amines) is 1. The van der Waals surface area contributed by atoms with Crippen molar-refractivity contribution in [2.45, 2.75) is 68.7 Å². The zero-order chi connectivity index (χ0) is 37.0. The Kier molecular flexibility index (Phi) is 10.5. The van der Waals surface area contributed by atoms with Crippen molar-refractivity contribution in [3.05, 3.63) is 137 Å². The van der Waals surface area contributed by atoms with Gasteiger partial charge in [-0.1, -0.05) is 60.7 Å². The van der Waals surface area contributed by atoms with Gasteiger partial charge in [0.25, 0.3) is 5.91 Å². The molecule has 2 saturated heterocycles. The van der Waals surface area contributed by atoms with Crippen LogP contribution in [-0.4, -0.2) is 71.5 Å². The minimum atomic E-state index is -0.653. The number of phenolic OH excluding ortho intramolecular Hbond substituents is 1. The first-order chi connectivity index (χ1) is 26.4. The second-order valence-corrected chi connectivity index (χ2v) is 15.0. The average Bonchev–Trinajstić information content (AvgIpc) is 3.55. The van der Waals surface area contributed by atoms with E-state index < -0.39 is 11.9 Å². The zero-order valence-corrected chi connectivity index (χ0v) is 30.5. The number of benzene rings is 4. The van der Waals surface area contributed by atoms with Crippen LogP contribution in [0.3, 0.4) is 0 Å². The molecule has 4 aliphatic rings. The molecule has 9 heteroatoms. The van der Waals surface area contributed by atoms with Crippen molar-refractivity contribution >= 4 is 17.7 Å². The van der Waals surface area contributed by atoms with E-state index in [2.05, 4.69) is 83.0 Å². The first-order valence-corrected chi connectivity index (χ1v) is 19.3. The Bertz CT molecular complexity index is 2020. The predicted octanol–water partition coefficient (Wildman–Crippen LogP) is 6.81. The lowest BCUT2D eigenvalue weighted by atomic mass is 9.69. The van der Waals surface area contributed by atoms with Crippen molar-refractivity contribution in [3.8, 4) is 17.2 Å². The van der Waals surface area contributed by atoms with Gasteiger partial charge in [0.05, 0.1) is 13.2 Å². The molecule has 8 rings (SSSR count). The summed E-state index contributed by atoms with van der Waals surface area (Å²) < 4.78 is 12.3. The topological polar surface area (TPSA) is 108 Å². The molecular formula is C45H47N3O6. The van der Waals surface area contributed by atoms with Crippen LogP contribution in [0, 0.1) is 0 Å². The highest BCUT2D eigenvalue weighted by Crippen LogP contribution is 2.47. The molecule has 1 unspecified atom stereocenters. The quantitative estimate of drug-likeness (QED) is 0.129. The van der Waals surface area contributed by atoms with E-state index in [-0.39, 0.29) is 30.7 Å². The van der Waals surface area contributed by atoms with Crippen LogP contribution in [0.25, 0.3) is 0 Å². The molecule has 0 radical (unpaired) electrons. The van der Waals surface area contributed by atoms with E-state index in [1.165, 1.54) is 38.8 Å². The fourth-order valence-corrected chi connectivity index (χ4v) is 8.82. The largest absolute Gasteiger partial charge is 0.508 e. The predicted molar refractivity (Wildman–Crippen MR) is 205 cm³/mol. The van der Waals surface area contributed by atoms with Gasteiger partial charge in [0.1, 0.15) is 29.0 Å². The summed E-state index contributed by atoms with van der Waals surface area (Å²) in [4.78, 5) is 40.5. The van der Waals surface area contributed by atoms with Gasteiger partial charge in [0.2, 0.25) is 11.8 Å². The highest BCUT2D eigenvalue weighted by molar-refractivity contribution is 6.03. The second-order valence-electron chi connectivity index (χ2n) is 15.0. The molecule has 2 fully saturated rings. The molecule has 3 amide bonds. The van der Waals surface area contributed by atoms with Crippen LogP contribution in [0.2, 0.25) is 0 Å². The summed E-state index contributed by atoms with van der Waals surface area (Å²) in [5, 5.41) is 12.5. The standard InChI is InChI=1S/C45H47N3O6/c49-35-13-17-40-34(26-35)12-16-39(31-6-2-1-3-7-31)44(40)32-10-14-36(15-11-32)53-25-5-22-47-23-20-30(21-24-47)33-8-4-9-37(27-33)54-38-28-43(51)48(29-38)41-18-19-42(50)46-45(41)52/h1-4,6-11,13-15,17,26-28,30,39,41,44,49H,5,12,16,18-25,29H2,(H,46,50,52)/t39-,41?,44+/m1/s1. The summed E-state index contributed by atoms with van der Waals surface area (Å²) in [5.74, 6) is 2.43. The number of nitrogens with one attached hydrogen (secondary N) is 1. The maximum Gasteiger partial charge on any atom is 0.251 e. The molecule has 9 nitrogen and oxygen atoms in total. The number of ether oxygens (including phenoxy) is 2. The van der Waals surface area contributed by atoms with Crippen LogP contribution in [0.5, 0.6) is 17.2 Å². The Morgan fingerprint density at radius 3 is 2.35 bits per heavy atom. The molecule has 0 saturated carbocycles. The van der Waals surface area contributed by atoms with E-state index in [9.17, 15) is 19.5 Å². The molecule has 4 aromatic rings. The van der Waals surface area contributed by atoms with E-state index >= 15 is 0 Å². The molecule has 2 N–H and O–H groups in total. The molecular weight excluding hydrogens is 679 g/mol. The number of hydrogen-bond donors (Lipinski definition) is 2. The van der Waals surface area contributed by atoms with E-state index in [0.29, 0.717) is 42.1 Å². The van der Waals surface area contributed by atoms with E-state index in [0.717, 1.165) is 57.5 Å². The number of phenols is 1. The van der Waals surface area contributed by atoms with Gasteiger partial charge < -0.3 is 24.4 Å². The summed E-state index contributed by atoms with van der Waals surface area (Å²) in [5.41, 5.74) is 6.38. The van der Waals surface area contributed by atoms with Gasteiger partial charge >= 0.3 is 0 Å². The third-order valence-corrected chi connectivity index (χ3v) is 11.6. The molecule has 54 heavy (non-hydrogen) atoms. The first-order valence-electron chi connectivity index (χ1n) is 19.3. The number of aryl methyl sites for hydroxylation is 1. The van der Waals surface area contributed by atoms with Gasteiger partial charge in [0.15, 0.2) is 0 Å². The monoisotopic (exact) mass is 725 g/mol. The van der Waals surface area contributed by atoms with Gasteiger partial charge in [-0.2, -0.15) is 0 Å². The van der Waals surface area contributed by atoms with E-state index in [1.54, 1.807) is 0 Å². The Morgan fingerprint density at radius 1 is 0.759 bits per heavy atom. The number of carbonyl (C=O) groups excluding carboxylic acids is 3. The average molecular weight is 726 g/mol. The molecule has 3 atom stereocenters. The van der Waals surface area contributed by atoms with Gasteiger partial charge in [-0.3, -0.25) is 19.7 Å². The Balaban J connectivity index is 0.799. The van der Waals surface area contributed by atoms with Crippen molar-refractivity contribution in [2.24, 2.45) is 0 Å². The minimum Gasteiger partial charge on any atom is -0.508 e. The van der Waals surface area contributed by atoms with Crippen LogP contribution >= 0.6 is 0 Å². The van der Waals surface area contributed by atoms with Gasteiger partial charge in [-0.05, 0) is 128 Å². The Labute approximate surface area is 316 Å². The number of rotatable bonds is 11. The first kappa shape index (κ1) is 35.6. The number of carbonyl (C=O) groups is 3. The Morgan fingerprint density at radius 2 is 1.56 bits per heavy atom. The molecule has 4 aromatic carbocycles. The summed E-state index contributed by atoms with van der Waals surface area (Å²) >= 11 is 0. The molecule has 0 bridgehead atoms. The molecule has 278 valence electrons. The zero-order valence-electron chi connectivity index (χ0n) is 30.5. The number of amides is 3. The number of piperidine rings is 2. The van der Waals surface area contributed by atoms with Crippen molar-refractivity contribution in [2.75, 3.05) is 32.8 Å². The van der Waals surface area contributed by atoms with Crippen molar-refractivity contribution in [1.29, 1.82) is 0 Å². The number of imide groups is 1. The second kappa shape index (κ2) is 15.9. The number of hydrogen-bond acceptors (Lipinski definition) is 7. The summed E-state index contributed by atoms with van der Waals surface area (Å²) in [6, 6.07) is 32.7. The molecule has 0 aromatic heterocycles. The minimum absolute atomic E-state index is 0.209. The Hall–Kier alpha value is -5.41. The lowest BCUT2D eigenvalue weighted by Crippen LogP contribution is -2.53. The summed E-state index contributed by atoms with van der Waals surface area (Å²) in [6.45, 7) is 3.91. The van der Waals surface area contributed by atoms with Gasteiger partial charge in [-0.25, -0.2) is 0 Å².